The molecule has 0 saturated heterocycles. The standard InChI is InChI=1S/C18H15FN2O4S/c1-22-13-7-6-11(8-12(13)19)10-26-18-21-20-17(25-18)16-9-23-14-4-2-3-5-15(14)24-16/h2-8,16H,9-10H2,1H3/t16-/m1/s1. The lowest BCUT2D eigenvalue weighted by atomic mass is 10.2. The number of fused-ring (bicyclic) bond motifs is 1. The Morgan fingerprint density at radius 3 is 2.85 bits per heavy atom. The predicted octanol–water partition coefficient (Wildman–Crippen LogP) is 4.02. The van der Waals surface area contributed by atoms with E-state index in [1.54, 1.807) is 12.1 Å². The van der Waals surface area contributed by atoms with Crippen LogP contribution in [0.15, 0.2) is 52.1 Å². The van der Waals surface area contributed by atoms with Crippen LogP contribution in [0, 0.1) is 5.82 Å². The Balaban J connectivity index is 1.40. The van der Waals surface area contributed by atoms with E-state index in [2.05, 4.69) is 10.2 Å². The van der Waals surface area contributed by atoms with Gasteiger partial charge in [-0.2, -0.15) is 0 Å². The fourth-order valence-electron chi connectivity index (χ4n) is 2.49. The zero-order valence-electron chi connectivity index (χ0n) is 13.8. The highest BCUT2D eigenvalue weighted by atomic mass is 32.2. The summed E-state index contributed by atoms with van der Waals surface area (Å²) < 4.78 is 35.8. The number of benzene rings is 2. The Kier molecular flexibility index (Phi) is 4.66. The van der Waals surface area contributed by atoms with Crippen LogP contribution in [0.4, 0.5) is 4.39 Å². The van der Waals surface area contributed by atoms with Gasteiger partial charge in [0.1, 0.15) is 6.61 Å². The summed E-state index contributed by atoms with van der Waals surface area (Å²) in [6.07, 6.45) is -0.454. The molecule has 0 spiro atoms. The Morgan fingerprint density at radius 2 is 2.04 bits per heavy atom. The number of aromatic nitrogens is 2. The second-order valence-corrected chi connectivity index (χ2v) is 6.45. The van der Waals surface area contributed by atoms with Crippen molar-refractivity contribution < 1.29 is 23.0 Å². The highest BCUT2D eigenvalue weighted by molar-refractivity contribution is 7.98. The van der Waals surface area contributed by atoms with Crippen molar-refractivity contribution in [2.75, 3.05) is 13.7 Å². The summed E-state index contributed by atoms with van der Waals surface area (Å²) in [5.74, 6) is 2.00. The number of nitrogens with zero attached hydrogens (tertiary/aromatic N) is 2. The van der Waals surface area contributed by atoms with E-state index in [4.69, 9.17) is 18.6 Å². The molecule has 0 bridgehead atoms. The first-order valence-corrected chi connectivity index (χ1v) is 8.88. The molecule has 4 rings (SSSR count). The minimum atomic E-state index is -0.454. The number of methoxy groups -OCH3 is 1. The van der Waals surface area contributed by atoms with Crippen molar-refractivity contribution in [3.8, 4) is 17.2 Å². The van der Waals surface area contributed by atoms with Gasteiger partial charge in [-0.1, -0.05) is 30.0 Å². The van der Waals surface area contributed by atoms with Gasteiger partial charge in [-0.15, -0.1) is 10.2 Å². The third kappa shape index (κ3) is 3.45. The van der Waals surface area contributed by atoms with Crippen LogP contribution in [0.25, 0.3) is 0 Å². The van der Waals surface area contributed by atoms with E-state index in [0.29, 0.717) is 35.0 Å². The molecule has 1 aliphatic rings. The Hall–Kier alpha value is -2.74. The molecule has 1 aromatic heterocycles. The molecule has 0 N–H and O–H groups in total. The maximum absolute atomic E-state index is 13.7. The van der Waals surface area contributed by atoms with Crippen LogP contribution in [0.3, 0.4) is 0 Å². The van der Waals surface area contributed by atoms with Gasteiger partial charge < -0.3 is 18.6 Å². The van der Waals surface area contributed by atoms with Crippen molar-refractivity contribution in [2.24, 2.45) is 0 Å². The highest BCUT2D eigenvalue weighted by Crippen LogP contribution is 2.36. The second-order valence-electron chi connectivity index (χ2n) is 5.53. The fourth-order valence-corrected chi connectivity index (χ4v) is 3.21. The van der Waals surface area contributed by atoms with Crippen LogP contribution in [0.5, 0.6) is 17.2 Å². The number of hydrogen-bond donors (Lipinski definition) is 0. The maximum atomic E-state index is 13.7. The second kappa shape index (κ2) is 7.25. The van der Waals surface area contributed by atoms with Gasteiger partial charge in [-0.3, -0.25) is 0 Å². The number of ether oxygens (including phenoxy) is 3. The summed E-state index contributed by atoms with van der Waals surface area (Å²) in [4.78, 5) is 0. The van der Waals surface area contributed by atoms with E-state index in [9.17, 15) is 4.39 Å². The smallest absolute Gasteiger partial charge is 0.277 e. The lowest BCUT2D eigenvalue weighted by Gasteiger charge is -2.23. The first kappa shape index (κ1) is 16.7. The summed E-state index contributed by atoms with van der Waals surface area (Å²) in [5, 5.41) is 8.43. The molecule has 0 saturated carbocycles. The van der Waals surface area contributed by atoms with E-state index < -0.39 is 11.9 Å². The Bertz CT molecular complexity index is 918. The van der Waals surface area contributed by atoms with Gasteiger partial charge in [0.25, 0.3) is 11.1 Å². The molecular weight excluding hydrogens is 359 g/mol. The first-order chi connectivity index (χ1) is 12.7. The van der Waals surface area contributed by atoms with E-state index in [0.717, 1.165) is 5.56 Å². The van der Waals surface area contributed by atoms with Gasteiger partial charge in [0.2, 0.25) is 6.10 Å². The summed E-state index contributed by atoms with van der Waals surface area (Å²) in [6, 6.07) is 12.2. The molecule has 8 heteroatoms. The van der Waals surface area contributed by atoms with Crippen LogP contribution in [-0.4, -0.2) is 23.9 Å². The van der Waals surface area contributed by atoms with Crippen molar-refractivity contribution in [1.29, 1.82) is 0 Å². The summed E-state index contributed by atoms with van der Waals surface area (Å²) in [6.45, 7) is 0.299. The normalized spacial score (nSPS) is 15.7. The van der Waals surface area contributed by atoms with Gasteiger partial charge >= 0.3 is 0 Å². The van der Waals surface area contributed by atoms with Crippen LogP contribution in [-0.2, 0) is 5.75 Å². The number of hydrogen-bond acceptors (Lipinski definition) is 7. The molecule has 0 fully saturated rings. The molecule has 2 heterocycles. The van der Waals surface area contributed by atoms with Crippen molar-refractivity contribution in [2.45, 2.75) is 17.1 Å². The fraction of sp³-hybridized carbons (Fsp3) is 0.222. The average Bonchev–Trinajstić information content (AvgIpc) is 3.15. The molecule has 3 aromatic rings. The first-order valence-electron chi connectivity index (χ1n) is 7.90. The third-order valence-electron chi connectivity index (χ3n) is 3.78. The summed E-state index contributed by atoms with van der Waals surface area (Å²) in [7, 11) is 1.43. The molecule has 1 atom stereocenters. The highest BCUT2D eigenvalue weighted by Gasteiger charge is 2.27. The SMILES string of the molecule is COc1ccc(CSc2nnc([C@H]3COc4ccccc4O3)o2)cc1F. The van der Waals surface area contributed by atoms with Crippen molar-refractivity contribution in [3.63, 3.8) is 0 Å². The molecule has 0 aliphatic carbocycles. The molecular formula is C18H15FN2O4S. The van der Waals surface area contributed by atoms with E-state index >= 15 is 0 Å². The molecule has 1 aliphatic heterocycles. The number of rotatable bonds is 5. The van der Waals surface area contributed by atoms with Crippen molar-refractivity contribution in [3.05, 3.63) is 59.7 Å². The number of para-hydroxylation sites is 2. The predicted molar refractivity (Wildman–Crippen MR) is 92.1 cm³/mol. The molecule has 2 aromatic carbocycles. The van der Waals surface area contributed by atoms with E-state index in [1.807, 2.05) is 24.3 Å². The lowest BCUT2D eigenvalue weighted by Crippen LogP contribution is -2.21. The summed E-state index contributed by atoms with van der Waals surface area (Å²) >= 11 is 1.32. The third-order valence-corrected chi connectivity index (χ3v) is 4.67. The maximum Gasteiger partial charge on any atom is 0.277 e. The molecule has 134 valence electrons. The lowest BCUT2D eigenvalue weighted by molar-refractivity contribution is 0.0686. The van der Waals surface area contributed by atoms with Crippen LogP contribution < -0.4 is 14.2 Å². The minimum absolute atomic E-state index is 0.216. The number of thioether (sulfide) groups is 1. The zero-order valence-corrected chi connectivity index (χ0v) is 14.7. The average molecular weight is 374 g/mol. The van der Waals surface area contributed by atoms with Crippen molar-refractivity contribution in [1.82, 2.24) is 10.2 Å². The van der Waals surface area contributed by atoms with Crippen LogP contribution in [0.2, 0.25) is 0 Å². The van der Waals surface area contributed by atoms with Gasteiger partial charge in [-0.05, 0) is 29.8 Å². The monoisotopic (exact) mass is 374 g/mol. The Morgan fingerprint density at radius 1 is 1.19 bits per heavy atom. The molecule has 6 nitrogen and oxygen atoms in total. The Labute approximate surface area is 153 Å². The molecule has 0 amide bonds. The number of halogens is 1. The zero-order chi connectivity index (χ0) is 17.9. The topological polar surface area (TPSA) is 66.6 Å². The quantitative estimate of drug-likeness (QED) is 0.625. The molecule has 26 heavy (non-hydrogen) atoms. The largest absolute Gasteiger partial charge is 0.494 e. The van der Waals surface area contributed by atoms with Crippen LogP contribution in [0.1, 0.15) is 17.6 Å². The molecule has 0 unspecified atom stereocenters. The van der Waals surface area contributed by atoms with E-state index in [-0.39, 0.29) is 5.75 Å². The van der Waals surface area contributed by atoms with Crippen molar-refractivity contribution >= 4 is 11.8 Å². The minimum Gasteiger partial charge on any atom is -0.494 e. The van der Waals surface area contributed by atoms with Gasteiger partial charge in [0.15, 0.2) is 23.1 Å². The van der Waals surface area contributed by atoms with E-state index in [1.165, 1.54) is 24.9 Å². The van der Waals surface area contributed by atoms with Crippen LogP contribution >= 0.6 is 11.8 Å². The molecule has 0 radical (unpaired) electrons. The van der Waals surface area contributed by atoms with Gasteiger partial charge in [0.05, 0.1) is 7.11 Å². The summed E-state index contributed by atoms with van der Waals surface area (Å²) in [5.41, 5.74) is 0.791. The van der Waals surface area contributed by atoms with Gasteiger partial charge in [0, 0.05) is 5.75 Å². The van der Waals surface area contributed by atoms with Gasteiger partial charge in [-0.25, -0.2) is 4.39 Å².